The molecule has 0 aliphatic heterocycles. The number of pyridine rings is 1. The molecule has 0 atom stereocenters. The summed E-state index contributed by atoms with van der Waals surface area (Å²) < 4.78 is 13.4. The van der Waals surface area contributed by atoms with Crippen LogP contribution in [0.4, 0.5) is 4.39 Å². The number of halogens is 1. The van der Waals surface area contributed by atoms with Gasteiger partial charge in [0.15, 0.2) is 0 Å². The van der Waals surface area contributed by atoms with Crippen LogP contribution in [0, 0.1) is 5.82 Å². The standard InChI is InChI=1S/C18H17FN2/c1-21(2)12-15-10-14-11-16(19)8-9-17(14)20-18(15)13-6-4-3-5-7-13/h3-11H,12H2,1-2H3. The number of nitrogens with zero attached hydrogens (tertiary/aromatic N) is 2. The second-order valence-corrected chi connectivity index (χ2v) is 5.44. The molecule has 0 amide bonds. The molecular weight excluding hydrogens is 263 g/mol. The molecule has 2 aromatic carbocycles. The van der Waals surface area contributed by atoms with E-state index in [0.29, 0.717) is 0 Å². The first-order chi connectivity index (χ1) is 10.1. The fraction of sp³-hybridized carbons (Fsp3) is 0.167. The van der Waals surface area contributed by atoms with Crippen LogP contribution in [0.1, 0.15) is 5.56 Å². The van der Waals surface area contributed by atoms with Gasteiger partial charge in [0.25, 0.3) is 0 Å². The Morgan fingerprint density at radius 1 is 1.00 bits per heavy atom. The molecule has 0 radical (unpaired) electrons. The van der Waals surface area contributed by atoms with Crippen LogP contribution in [0.3, 0.4) is 0 Å². The van der Waals surface area contributed by atoms with Crippen molar-refractivity contribution in [3.8, 4) is 11.3 Å². The van der Waals surface area contributed by atoms with Gasteiger partial charge in [-0.05, 0) is 43.9 Å². The van der Waals surface area contributed by atoms with Gasteiger partial charge in [0.05, 0.1) is 11.2 Å². The Morgan fingerprint density at radius 3 is 2.48 bits per heavy atom. The molecular formula is C18H17FN2. The molecule has 0 fully saturated rings. The highest BCUT2D eigenvalue weighted by molar-refractivity contribution is 5.83. The minimum atomic E-state index is -0.229. The highest BCUT2D eigenvalue weighted by atomic mass is 19.1. The van der Waals surface area contributed by atoms with E-state index >= 15 is 0 Å². The first kappa shape index (κ1) is 13.7. The van der Waals surface area contributed by atoms with Crippen molar-refractivity contribution in [2.45, 2.75) is 6.54 Å². The van der Waals surface area contributed by atoms with Gasteiger partial charge in [-0.15, -0.1) is 0 Å². The van der Waals surface area contributed by atoms with Crippen LogP contribution in [0.25, 0.3) is 22.2 Å². The lowest BCUT2D eigenvalue weighted by Crippen LogP contribution is -2.12. The van der Waals surface area contributed by atoms with Gasteiger partial charge in [0, 0.05) is 17.5 Å². The molecule has 2 nitrogen and oxygen atoms in total. The number of hydrogen-bond donors (Lipinski definition) is 0. The molecule has 1 aromatic heterocycles. The number of benzene rings is 2. The van der Waals surface area contributed by atoms with Crippen LogP contribution >= 0.6 is 0 Å². The third-order valence-corrected chi connectivity index (χ3v) is 3.39. The molecule has 106 valence electrons. The molecule has 0 bridgehead atoms. The summed E-state index contributed by atoms with van der Waals surface area (Å²) in [6, 6.07) is 16.9. The lowest BCUT2D eigenvalue weighted by molar-refractivity contribution is 0.403. The van der Waals surface area contributed by atoms with E-state index in [1.807, 2.05) is 38.4 Å². The van der Waals surface area contributed by atoms with Crippen LogP contribution in [0.2, 0.25) is 0 Å². The van der Waals surface area contributed by atoms with E-state index in [9.17, 15) is 4.39 Å². The largest absolute Gasteiger partial charge is 0.305 e. The summed E-state index contributed by atoms with van der Waals surface area (Å²) in [6.07, 6.45) is 0. The lowest BCUT2D eigenvalue weighted by Gasteiger charge is -2.15. The van der Waals surface area contributed by atoms with Crippen molar-refractivity contribution in [2.24, 2.45) is 0 Å². The van der Waals surface area contributed by atoms with Crippen molar-refractivity contribution in [1.29, 1.82) is 0 Å². The van der Waals surface area contributed by atoms with E-state index in [1.165, 1.54) is 12.1 Å². The molecule has 3 rings (SSSR count). The minimum Gasteiger partial charge on any atom is -0.305 e. The van der Waals surface area contributed by atoms with Gasteiger partial charge in [0.2, 0.25) is 0 Å². The maximum Gasteiger partial charge on any atom is 0.123 e. The van der Waals surface area contributed by atoms with E-state index in [0.717, 1.165) is 34.3 Å². The highest BCUT2D eigenvalue weighted by Crippen LogP contribution is 2.26. The van der Waals surface area contributed by atoms with Crippen LogP contribution in [-0.4, -0.2) is 24.0 Å². The molecule has 0 unspecified atom stereocenters. The SMILES string of the molecule is CN(C)Cc1cc2cc(F)ccc2nc1-c1ccccc1. The molecule has 0 aliphatic carbocycles. The summed E-state index contributed by atoms with van der Waals surface area (Å²) in [5, 5.41) is 0.839. The van der Waals surface area contributed by atoms with Gasteiger partial charge in [-0.1, -0.05) is 30.3 Å². The summed E-state index contributed by atoms with van der Waals surface area (Å²) in [5.41, 5.74) is 3.96. The summed E-state index contributed by atoms with van der Waals surface area (Å²) in [4.78, 5) is 6.84. The van der Waals surface area contributed by atoms with E-state index in [2.05, 4.69) is 17.0 Å². The van der Waals surface area contributed by atoms with Gasteiger partial charge in [-0.25, -0.2) is 9.37 Å². The summed E-state index contributed by atoms with van der Waals surface area (Å²) in [5.74, 6) is -0.229. The smallest absolute Gasteiger partial charge is 0.123 e. The third kappa shape index (κ3) is 2.93. The van der Waals surface area contributed by atoms with Gasteiger partial charge >= 0.3 is 0 Å². The van der Waals surface area contributed by atoms with Gasteiger partial charge in [-0.2, -0.15) is 0 Å². The molecule has 0 N–H and O–H groups in total. The fourth-order valence-corrected chi connectivity index (χ4v) is 2.50. The monoisotopic (exact) mass is 280 g/mol. The minimum absolute atomic E-state index is 0.229. The summed E-state index contributed by atoms with van der Waals surface area (Å²) in [7, 11) is 4.04. The second-order valence-electron chi connectivity index (χ2n) is 5.44. The average Bonchev–Trinajstić information content (AvgIpc) is 2.47. The number of fused-ring (bicyclic) bond motifs is 1. The lowest BCUT2D eigenvalue weighted by atomic mass is 10.0. The normalized spacial score (nSPS) is 11.2. The van der Waals surface area contributed by atoms with E-state index in [1.54, 1.807) is 6.07 Å². The molecule has 0 spiro atoms. The predicted octanol–water partition coefficient (Wildman–Crippen LogP) is 4.10. The predicted molar refractivity (Wildman–Crippen MR) is 84.5 cm³/mol. The average molecular weight is 280 g/mol. The third-order valence-electron chi connectivity index (χ3n) is 3.39. The van der Waals surface area contributed by atoms with Crippen molar-refractivity contribution >= 4 is 10.9 Å². The Morgan fingerprint density at radius 2 is 1.76 bits per heavy atom. The maximum absolute atomic E-state index is 13.4. The van der Waals surface area contributed by atoms with Gasteiger partial charge < -0.3 is 4.90 Å². The molecule has 21 heavy (non-hydrogen) atoms. The summed E-state index contributed by atoms with van der Waals surface area (Å²) >= 11 is 0. The van der Waals surface area contributed by atoms with Crippen molar-refractivity contribution in [3.05, 3.63) is 66.0 Å². The van der Waals surface area contributed by atoms with Crippen LogP contribution < -0.4 is 0 Å². The molecule has 0 saturated carbocycles. The topological polar surface area (TPSA) is 16.1 Å². The summed E-state index contributed by atoms with van der Waals surface area (Å²) in [6.45, 7) is 0.768. The van der Waals surface area contributed by atoms with Crippen LogP contribution in [-0.2, 0) is 6.54 Å². The first-order valence-electron chi connectivity index (χ1n) is 6.93. The van der Waals surface area contributed by atoms with Gasteiger partial charge in [-0.3, -0.25) is 0 Å². The van der Waals surface area contributed by atoms with Gasteiger partial charge in [0.1, 0.15) is 5.82 Å². The second kappa shape index (κ2) is 5.62. The molecule has 0 saturated heterocycles. The fourth-order valence-electron chi connectivity index (χ4n) is 2.50. The van der Waals surface area contributed by atoms with Crippen molar-refractivity contribution < 1.29 is 4.39 Å². The number of rotatable bonds is 3. The van der Waals surface area contributed by atoms with Crippen LogP contribution in [0.15, 0.2) is 54.6 Å². The Bertz CT molecular complexity index is 767. The quantitative estimate of drug-likeness (QED) is 0.718. The van der Waals surface area contributed by atoms with E-state index < -0.39 is 0 Å². The molecule has 1 heterocycles. The highest BCUT2D eigenvalue weighted by Gasteiger charge is 2.10. The number of hydrogen-bond acceptors (Lipinski definition) is 2. The van der Waals surface area contributed by atoms with Crippen molar-refractivity contribution in [2.75, 3.05) is 14.1 Å². The molecule has 3 heteroatoms. The zero-order chi connectivity index (χ0) is 14.8. The van der Waals surface area contributed by atoms with Crippen molar-refractivity contribution in [3.63, 3.8) is 0 Å². The van der Waals surface area contributed by atoms with Crippen molar-refractivity contribution in [1.82, 2.24) is 9.88 Å². The van der Waals surface area contributed by atoms with E-state index in [4.69, 9.17) is 4.98 Å². The van der Waals surface area contributed by atoms with E-state index in [-0.39, 0.29) is 5.82 Å². The zero-order valence-electron chi connectivity index (χ0n) is 12.2. The first-order valence-corrected chi connectivity index (χ1v) is 6.93. The maximum atomic E-state index is 13.4. The zero-order valence-corrected chi connectivity index (χ0v) is 12.2. The molecule has 0 aliphatic rings. The van der Waals surface area contributed by atoms with Crippen LogP contribution in [0.5, 0.6) is 0 Å². The Balaban J connectivity index is 2.22. The molecule has 3 aromatic rings. The Labute approximate surface area is 123 Å². The Hall–Kier alpha value is -2.26. The Kier molecular flexibility index (Phi) is 3.67. The number of aromatic nitrogens is 1.